The number of aromatic nitrogens is 2. The van der Waals surface area contributed by atoms with Crippen LogP contribution in [-0.4, -0.2) is 28.3 Å². The molecule has 0 amide bonds. The van der Waals surface area contributed by atoms with Crippen molar-refractivity contribution in [3.8, 4) is 40.3 Å². The Labute approximate surface area is 200 Å². The van der Waals surface area contributed by atoms with Gasteiger partial charge in [-0.15, -0.1) is 0 Å². The number of ether oxygens (including phenoxy) is 1. The summed E-state index contributed by atoms with van der Waals surface area (Å²) in [4.78, 5) is 8.67. The lowest BCUT2D eigenvalue weighted by atomic mass is 9.97. The van der Waals surface area contributed by atoms with Gasteiger partial charge in [0, 0.05) is 16.9 Å². The predicted octanol–water partition coefficient (Wildman–Crippen LogP) is 4.39. The summed E-state index contributed by atoms with van der Waals surface area (Å²) in [6.07, 6.45) is 1.38. The molecule has 3 N–H and O–H groups in total. The molecule has 0 spiro atoms. The standard InChI is InChI=1S/C25H19N5O3S/c26-12-19-22(16-6-8-18(9-7-16)32-11-10-31)20(13-27)25(30-24(19)28)34-14-21-23(33-15-29-21)17-4-2-1-3-5-17/h1-9,15,31H,10-11,14H2,(H2,28,30). The molecule has 0 saturated carbocycles. The van der Waals surface area contributed by atoms with Crippen molar-refractivity contribution in [1.82, 2.24) is 9.97 Å². The van der Waals surface area contributed by atoms with E-state index in [-0.39, 0.29) is 30.2 Å². The van der Waals surface area contributed by atoms with Crippen LogP contribution < -0.4 is 10.5 Å². The Kier molecular flexibility index (Phi) is 7.09. The van der Waals surface area contributed by atoms with Gasteiger partial charge in [0.1, 0.15) is 40.9 Å². The second-order valence-corrected chi connectivity index (χ2v) is 7.99. The SMILES string of the molecule is N#Cc1c(N)nc(SCc2ncoc2-c2ccccc2)c(C#N)c1-c1ccc(OCCO)cc1. The molecule has 2 aromatic carbocycles. The number of nitrogens with zero attached hydrogens (tertiary/aromatic N) is 4. The Morgan fingerprint density at radius 1 is 1.00 bits per heavy atom. The number of aliphatic hydroxyl groups excluding tert-OH is 1. The zero-order valence-electron chi connectivity index (χ0n) is 17.9. The average Bonchev–Trinajstić information content (AvgIpc) is 3.35. The van der Waals surface area contributed by atoms with E-state index < -0.39 is 0 Å². The van der Waals surface area contributed by atoms with Crippen molar-refractivity contribution in [2.75, 3.05) is 18.9 Å². The molecule has 34 heavy (non-hydrogen) atoms. The highest BCUT2D eigenvalue weighted by atomic mass is 32.2. The molecule has 0 fully saturated rings. The number of hydrogen-bond acceptors (Lipinski definition) is 9. The van der Waals surface area contributed by atoms with Crippen molar-refractivity contribution < 1.29 is 14.3 Å². The molecular formula is C25H19N5O3S. The number of oxazole rings is 1. The summed E-state index contributed by atoms with van der Waals surface area (Å²) in [5.41, 5.74) is 9.15. The molecule has 0 saturated heterocycles. The molecule has 0 atom stereocenters. The van der Waals surface area contributed by atoms with Gasteiger partial charge in [0.2, 0.25) is 0 Å². The number of rotatable bonds is 8. The number of nitrogens with two attached hydrogens (primary N) is 1. The summed E-state index contributed by atoms with van der Waals surface area (Å²) < 4.78 is 11.0. The molecule has 0 unspecified atom stereocenters. The fourth-order valence-corrected chi connectivity index (χ4v) is 4.34. The number of nitriles is 2. The molecule has 0 aliphatic rings. The van der Waals surface area contributed by atoms with Crippen LogP contribution in [0.25, 0.3) is 22.5 Å². The highest BCUT2D eigenvalue weighted by molar-refractivity contribution is 7.98. The van der Waals surface area contributed by atoms with E-state index in [9.17, 15) is 10.5 Å². The quantitative estimate of drug-likeness (QED) is 0.359. The molecule has 9 heteroatoms. The molecule has 8 nitrogen and oxygen atoms in total. The van der Waals surface area contributed by atoms with E-state index in [4.69, 9.17) is 20.0 Å². The normalized spacial score (nSPS) is 10.4. The molecule has 0 aliphatic heterocycles. The van der Waals surface area contributed by atoms with E-state index in [0.717, 1.165) is 5.56 Å². The van der Waals surface area contributed by atoms with Crippen molar-refractivity contribution in [2.45, 2.75) is 10.8 Å². The first-order valence-electron chi connectivity index (χ1n) is 10.2. The zero-order chi connectivity index (χ0) is 23.9. The van der Waals surface area contributed by atoms with Crippen LogP contribution in [-0.2, 0) is 5.75 Å². The average molecular weight is 470 g/mol. The number of thioether (sulfide) groups is 1. The summed E-state index contributed by atoms with van der Waals surface area (Å²) in [6.45, 7) is 0.0696. The molecule has 4 rings (SSSR count). The lowest BCUT2D eigenvalue weighted by molar-refractivity contribution is 0.201. The first kappa shape index (κ1) is 22.9. The molecular weight excluding hydrogens is 450 g/mol. The zero-order valence-corrected chi connectivity index (χ0v) is 18.7. The van der Waals surface area contributed by atoms with Gasteiger partial charge in [-0.3, -0.25) is 0 Å². The Bertz CT molecular complexity index is 1370. The van der Waals surface area contributed by atoms with Gasteiger partial charge in [-0.05, 0) is 17.7 Å². The van der Waals surface area contributed by atoms with Crippen LogP contribution >= 0.6 is 11.8 Å². The third-order valence-electron chi connectivity index (χ3n) is 4.94. The second-order valence-electron chi connectivity index (χ2n) is 7.03. The van der Waals surface area contributed by atoms with Gasteiger partial charge in [-0.1, -0.05) is 54.2 Å². The van der Waals surface area contributed by atoms with Gasteiger partial charge >= 0.3 is 0 Å². The number of pyridine rings is 1. The lowest BCUT2D eigenvalue weighted by Gasteiger charge is -2.13. The summed E-state index contributed by atoms with van der Waals surface area (Å²) in [5.74, 6) is 1.64. The van der Waals surface area contributed by atoms with E-state index >= 15 is 0 Å². The molecule has 4 aromatic rings. The minimum atomic E-state index is -0.0993. The predicted molar refractivity (Wildman–Crippen MR) is 128 cm³/mol. The van der Waals surface area contributed by atoms with Crippen molar-refractivity contribution in [3.05, 3.63) is 77.8 Å². The highest BCUT2D eigenvalue weighted by Gasteiger charge is 2.21. The van der Waals surface area contributed by atoms with Crippen LogP contribution in [0.15, 0.2) is 70.4 Å². The Morgan fingerprint density at radius 3 is 2.41 bits per heavy atom. The summed E-state index contributed by atoms with van der Waals surface area (Å²) in [5, 5.41) is 29.0. The maximum Gasteiger partial charge on any atom is 0.181 e. The van der Waals surface area contributed by atoms with Crippen molar-refractivity contribution in [1.29, 1.82) is 10.5 Å². The van der Waals surface area contributed by atoms with E-state index in [2.05, 4.69) is 22.1 Å². The lowest BCUT2D eigenvalue weighted by Crippen LogP contribution is -2.04. The minimum Gasteiger partial charge on any atom is -0.491 e. The van der Waals surface area contributed by atoms with E-state index in [0.29, 0.717) is 39.1 Å². The number of benzene rings is 2. The molecule has 168 valence electrons. The van der Waals surface area contributed by atoms with Crippen LogP contribution in [0.1, 0.15) is 16.8 Å². The number of nitrogen functional groups attached to an aromatic ring is 1. The molecule has 0 radical (unpaired) electrons. The first-order valence-corrected chi connectivity index (χ1v) is 11.2. The van der Waals surface area contributed by atoms with Gasteiger partial charge in [0.25, 0.3) is 0 Å². The van der Waals surface area contributed by atoms with Crippen molar-refractivity contribution in [2.24, 2.45) is 0 Å². The Balaban J connectivity index is 1.69. The van der Waals surface area contributed by atoms with E-state index in [1.54, 1.807) is 24.3 Å². The fourth-order valence-electron chi connectivity index (χ4n) is 3.41. The fraction of sp³-hybridized carbons (Fsp3) is 0.120. The minimum absolute atomic E-state index is 0.0445. The second kappa shape index (κ2) is 10.5. The monoisotopic (exact) mass is 469 g/mol. The molecule has 0 aliphatic carbocycles. The van der Waals surface area contributed by atoms with Gasteiger partial charge in [-0.2, -0.15) is 10.5 Å². The smallest absolute Gasteiger partial charge is 0.181 e. The number of hydrogen-bond donors (Lipinski definition) is 2. The Hall–Kier alpha value is -4.31. The maximum atomic E-state index is 9.99. The maximum absolute atomic E-state index is 9.99. The van der Waals surface area contributed by atoms with Gasteiger partial charge in [0.15, 0.2) is 12.2 Å². The summed E-state index contributed by atoms with van der Waals surface area (Å²) in [6, 6.07) is 20.8. The van der Waals surface area contributed by atoms with Crippen LogP contribution in [0.5, 0.6) is 5.75 Å². The molecule has 0 bridgehead atoms. The van der Waals surface area contributed by atoms with Crippen molar-refractivity contribution in [3.63, 3.8) is 0 Å². The van der Waals surface area contributed by atoms with Gasteiger partial charge in [0.05, 0.1) is 17.9 Å². The van der Waals surface area contributed by atoms with Crippen LogP contribution in [0.2, 0.25) is 0 Å². The van der Waals surface area contributed by atoms with Crippen molar-refractivity contribution >= 4 is 17.6 Å². The van der Waals surface area contributed by atoms with Crippen LogP contribution in [0, 0.1) is 22.7 Å². The highest BCUT2D eigenvalue weighted by Crippen LogP contribution is 2.38. The summed E-state index contributed by atoms with van der Waals surface area (Å²) in [7, 11) is 0. The first-order chi connectivity index (χ1) is 16.7. The summed E-state index contributed by atoms with van der Waals surface area (Å²) >= 11 is 1.30. The number of anilines is 1. The Morgan fingerprint density at radius 2 is 1.74 bits per heavy atom. The van der Waals surface area contributed by atoms with Crippen LogP contribution in [0.4, 0.5) is 5.82 Å². The molecule has 2 heterocycles. The van der Waals surface area contributed by atoms with Crippen LogP contribution in [0.3, 0.4) is 0 Å². The topological polar surface area (TPSA) is 142 Å². The number of aliphatic hydroxyl groups is 1. The third kappa shape index (κ3) is 4.71. The van der Waals surface area contributed by atoms with Gasteiger partial charge in [-0.25, -0.2) is 9.97 Å². The third-order valence-corrected chi connectivity index (χ3v) is 5.93. The van der Waals surface area contributed by atoms with E-state index in [1.807, 2.05) is 30.3 Å². The largest absolute Gasteiger partial charge is 0.491 e. The van der Waals surface area contributed by atoms with E-state index in [1.165, 1.54) is 18.2 Å². The van der Waals surface area contributed by atoms with Gasteiger partial charge < -0.3 is 20.0 Å². The molecule has 2 aromatic heterocycles.